The van der Waals surface area contributed by atoms with Crippen LogP contribution in [-0.2, 0) is 6.54 Å². The third-order valence-electron chi connectivity index (χ3n) is 2.44. The largest absolute Gasteiger partial charge is 0.352 e. The van der Waals surface area contributed by atoms with Crippen molar-refractivity contribution < 1.29 is 0 Å². The second-order valence-corrected chi connectivity index (χ2v) is 4.33. The Kier molecular flexibility index (Phi) is 3.41. The normalized spacial score (nSPS) is 18.5. The van der Waals surface area contributed by atoms with Crippen LogP contribution in [0, 0.1) is 0 Å². The fraction of sp³-hybridized carbons (Fsp3) is 0.545. The molecule has 2 rings (SSSR count). The Hall–Kier alpha value is -1.85. The molecule has 1 aromatic heterocycles. The van der Waals surface area contributed by atoms with Crippen molar-refractivity contribution in [3.05, 3.63) is 18.0 Å². The summed E-state index contributed by atoms with van der Waals surface area (Å²) in [5.41, 5.74) is 0.952. The topological polar surface area (TPSA) is 65.4 Å². The lowest BCUT2D eigenvalue weighted by atomic mass is 10.4. The van der Waals surface area contributed by atoms with Gasteiger partial charge in [-0.3, -0.25) is 4.99 Å². The van der Waals surface area contributed by atoms with Gasteiger partial charge in [0.05, 0.1) is 18.8 Å². The van der Waals surface area contributed by atoms with Gasteiger partial charge in [-0.1, -0.05) is 0 Å². The zero-order valence-corrected chi connectivity index (χ0v) is 10.4. The van der Waals surface area contributed by atoms with Crippen LogP contribution in [0.1, 0.15) is 12.6 Å². The second-order valence-electron chi connectivity index (χ2n) is 4.33. The molecule has 0 bridgehead atoms. The summed E-state index contributed by atoms with van der Waals surface area (Å²) < 4.78 is 0. The second kappa shape index (κ2) is 4.99. The standard InChI is InChI=1S/C11H18N6/c1-8-6-13-10(15-8)14-7-9-4-5-12-11(16-9)17(2)3/h4-5,8H,6-7H2,1-3H3,(H2,13,14,15). The Morgan fingerprint density at radius 2 is 2.35 bits per heavy atom. The van der Waals surface area contributed by atoms with Gasteiger partial charge in [0.25, 0.3) is 0 Å². The van der Waals surface area contributed by atoms with E-state index in [1.165, 1.54) is 0 Å². The van der Waals surface area contributed by atoms with Crippen LogP contribution in [0.2, 0.25) is 0 Å². The van der Waals surface area contributed by atoms with Crippen LogP contribution < -0.4 is 15.5 Å². The number of aliphatic imine (C=N–C) groups is 1. The predicted octanol–water partition coefficient (Wildman–Crippen LogP) is -0.0201. The minimum Gasteiger partial charge on any atom is -0.352 e. The van der Waals surface area contributed by atoms with Crippen LogP contribution in [0.25, 0.3) is 0 Å². The lowest BCUT2D eigenvalue weighted by Gasteiger charge is -2.12. The Bertz CT molecular complexity index is 414. The van der Waals surface area contributed by atoms with E-state index in [1.54, 1.807) is 6.20 Å². The van der Waals surface area contributed by atoms with E-state index < -0.39 is 0 Å². The number of nitrogens with one attached hydrogen (secondary N) is 2. The zero-order valence-electron chi connectivity index (χ0n) is 10.4. The maximum Gasteiger partial charge on any atom is 0.225 e. The third kappa shape index (κ3) is 3.05. The molecule has 1 aliphatic heterocycles. The molecule has 1 unspecified atom stereocenters. The molecule has 0 saturated carbocycles. The number of aromatic nitrogens is 2. The zero-order chi connectivity index (χ0) is 12.3. The monoisotopic (exact) mass is 234 g/mol. The number of anilines is 1. The van der Waals surface area contributed by atoms with E-state index in [9.17, 15) is 0 Å². The van der Waals surface area contributed by atoms with Crippen molar-refractivity contribution in [2.75, 3.05) is 25.5 Å². The van der Waals surface area contributed by atoms with E-state index in [1.807, 2.05) is 25.1 Å². The first-order chi connectivity index (χ1) is 8.15. The highest BCUT2D eigenvalue weighted by atomic mass is 15.2. The van der Waals surface area contributed by atoms with Crippen molar-refractivity contribution in [3.8, 4) is 0 Å². The molecule has 0 aliphatic carbocycles. The molecule has 1 aromatic rings. The van der Waals surface area contributed by atoms with Crippen LogP contribution in [-0.4, -0.2) is 42.6 Å². The summed E-state index contributed by atoms with van der Waals surface area (Å²) in [7, 11) is 3.85. The van der Waals surface area contributed by atoms with Crippen LogP contribution >= 0.6 is 0 Å². The predicted molar refractivity (Wildman–Crippen MR) is 68.1 cm³/mol. The fourth-order valence-corrected chi connectivity index (χ4v) is 1.53. The van der Waals surface area contributed by atoms with Gasteiger partial charge in [-0.2, -0.15) is 0 Å². The highest BCUT2D eigenvalue weighted by Gasteiger charge is 2.11. The summed E-state index contributed by atoms with van der Waals surface area (Å²) in [5, 5.41) is 6.47. The van der Waals surface area contributed by atoms with Crippen LogP contribution in [0.3, 0.4) is 0 Å². The van der Waals surface area contributed by atoms with Gasteiger partial charge in [0.15, 0.2) is 5.96 Å². The van der Waals surface area contributed by atoms with Gasteiger partial charge in [0, 0.05) is 26.3 Å². The quantitative estimate of drug-likeness (QED) is 0.769. The van der Waals surface area contributed by atoms with Crippen molar-refractivity contribution in [1.29, 1.82) is 0 Å². The Morgan fingerprint density at radius 1 is 1.53 bits per heavy atom. The van der Waals surface area contributed by atoms with Gasteiger partial charge in [-0.15, -0.1) is 0 Å². The van der Waals surface area contributed by atoms with Crippen LogP contribution in [0.4, 0.5) is 5.95 Å². The molecule has 0 saturated heterocycles. The SMILES string of the molecule is CC1CN=C(NCc2ccnc(N(C)C)n2)N1. The Balaban J connectivity index is 1.93. The van der Waals surface area contributed by atoms with Gasteiger partial charge < -0.3 is 15.5 Å². The Labute approximate surface area is 101 Å². The first-order valence-corrected chi connectivity index (χ1v) is 5.69. The average Bonchev–Trinajstić information content (AvgIpc) is 2.73. The number of hydrogen-bond donors (Lipinski definition) is 2. The van der Waals surface area contributed by atoms with Crippen molar-refractivity contribution in [3.63, 3.8) is 0 Å². The summed E-state index contributed by atoms with van der Waals surface area (Å²) in [6.45, 7) is 3.59. The molecule has 6 heteroatoms. The molecule has 0 amide bonds. The molecule has 6 nitrogen and oxygen atoms in total. The molecule has 2 N–H and O–H groups in total. The molecule has 17 heavy (non-hydrogen) atoms. The molecular weight excluding hydrogens is 216 g/mol. The molecule has 0 radical (unpaired) electrons. The molecule has 2 heterocycles. The van der Waals surface area contributed by atoms with Crippen molar-refractivity contribution in [2.24, 2.45) is 4.99 Å². The minimum atomic E-state index is 0.417. The molecule has 0 spiro atoms. The smallest absolute Gasteiger partial charge is 0.225 e. The summed E-state index contributed by atoms with van der Waals surface area (Å²) in [4.78, 5) is 14.8. The first-order valence-electron chi connectivity index (χ1n) is 5.69. The van der Waals surface area contributed by atoms with Crippen molar-refractivity contribution >= 4 is 11.9 Å². The van der Waals surface area contributed by atoms with Gasteiger partial charge in [-0.05, 0) is 13.0 Å². The molecule has 1 atom stereocenters. The summed E-state index contributed by atoms with van der Waals surface area (Å²) >= 11 is 0. The molecule has 92 valence electrons. The van der Waals surface area contributed by atoms with Gasteiger partial charge >= 0.3 is 0 Å². The summed E-state index contributed by atoms with van der Waals surface area (Å²) in [6, 6.07) is 2.32. The van der Waals surface area contributed by atoms with Gasteiger partial charge in [0.2, 0.25) is 5.95 Å². The highest BCUT2D eigenvalue weighted by Crippen LogP contribution is 2.03. The summed E-state index contributed by atoms with van der Waals surface area (Å²) in [5.74, 6) is 1.57. The lowest BCUT2D eigenvalue weighted by molar-refractivity contribution is 0.711. The first kappa shape index (κ1) is 11.6. The number of hydrogen-bond acceptors (Lipinski definition) is 6. The minimum absolute atomic E-state index is 0.417. The molecular formula is C11H18N6. The summed E-state index contributed by atoms with van der Waals surface area (Å²) in [6.07, 6.45) is 1.77. The number of guanidine groups is 1. The fourth-order valence-electron chi connectivity index (χ4n) is 1.53. The van der Waals surface area contributed by atoms with Crippen LogP contribution in [0.5, 0.6) is 0 Å². The third-order valence-corrected chi connectivity index (χ3v) is 2.44. The average molecular weight is 234 g/mol. The lowest BCUT2D eigenvalue weighted by Crippen LogP contribution is -2.37. The number of nitrogens with zero attached hydrogens (tertiary/aromatic N) is 4. The molecule has 0 fully saturated rings. The maximum absolute atomic E-state index is 4.42. The van der Waals surface area contributed by atoms with E-state index in [4.69, 9.17) is 0 Å². The van der Waals surface area contributed by atoms with Gasteiger partial charge in [0.1, 0.15) is 0 Å². The van der Waals surface area contributed by atoms with E-state index in [-0.39, 0.29) is 0 Å². The van der Waals surface area contributed by atoms with Crippen LogP contribution in [0.15, 0.2) is 17.3 Å². The maximum atomic E-state index is 4.42. The number of rotatable bonds is 3. The van der Waals surface area contributed by atoms with E-state index >= 15 is 0 Å². The highest BCUT2D eigenvalue weighted by molar-refractivity contribution is 5.81. The Morgan fingerprint density at radius 3 is 3.00 bits per heavy atom. The van der Waals surface area contributed by atoms with Gasteiger partial charge in [-0.25, -0.2) is 9.97 Å². The van der Waals surface area contributed by atoms with E-state index in [0.29, 0.717) is 12.6 Å². The van der Waals surface area contributed by atoms with E-state index in [2.05, 4.69) is 32.5 Å². The van der Waals surface area contributed by atoms with Crippen molar-refractivity contribution in [1.82, 2.24) is 20.6 Å². The molecule has 0 aromatic carbocycles. The molecule has 1 aliphatic rings. The van der Waals surface area contributed by atoms with E-state index in [0.717, 1.165) is 24.1 Å². The van der Waals surface area contributed by atoms with Crippen molar-refractivity contribution in [2.45, 2.75) is 19.5 Å².